The summed E-state index contributed by atoms with van der Waals surface area (Å²) in [5.41, 5.74) is 0.337. The molecule has 0 saturated carbocycles. The lowest BCUT2D eigenvalue weighted by molar-refractivity contribution is 0.0732. The first kappa shape index (κ1) is 15.1. The largest absolute Gasteiger partial charge is 0.456 e. The number of ether oxygens (including phenoxy) is 4. The summed E-state index contributed by atoms with van der Waals surface area (Å²) in [6, 6.07) is 21.2. The Hall–Kier alpha value is -3.47. The highest BCUT2D eigenvalue weighted by atomic mass is 16.7. The fourth-order valence-corrected chi connectivity index (χ4v) is 2.44. The fraction of sp³-hybridized carbons (Fsp3) is 0.0500. The molecule has 0 aromatic heterocycles. The summed E-state index contributed by atoms with van der Waals surface area (Å²) >= 11 is 0. The Morgan fingerprint density at radius 1 is 0.800 bits per heavy atom. The van der Waals surface area contributed by atoms with Gasteiger partial charge in [0.25, 0.3) is 0 Å². The first-order chi connectivity index (χ1) is 12.3. The van der Waals surface area contributed by atoms with Crippen molar-refractivity contribution < 1.29 is 23.7 Å². The van der Waals surface area contributed by atoms with E-state index in [1.807, 2.05) is 30.3 Å². The van der Waals surface area contributed by atoms with Gasteiger partial charge in [0, 0.05) is 6.07 Å². The third-order valence-electron chi connectivity index (χ3n) is 3.63. The lowest BCUT2D eigenvalue weighted by Crippen LogP contribution is -2.09. The highest BCUT2D eigenvalue weighted by Crippen LogP contribution is 2.35. The molecular weight excluding hydrogens is 320 g/mol. The predicted molar refractivity (Wildman–Crippen MR) is 90.5 cm³/mol. The van der Waals surface area contributed by atoms with E-state index in [0.717, 1.165) is 0 Å². The smallest absolute Gasteiger partial charge is 0.347 e. The van der Waals surface area contributed by atoms with Gasteiger partial charge >= 0.3 is 5.97 Å². The number of esters is 1. The van der Waals surface area contributed by atoms with Crippen LogP contribution in [0.2, 0.25) is 0 Å². The predicted octanol–water partition coefficient (Wildman–Crippen LogP) is 4.43. The first-order valence-corrected chi connectivity index (χ1v) is 7.73. The molecule has 1 aliphatic rings. The van der Waals surface area contributed by atoms with E-state index in [0.29, 0.717) is 34.3 Å². The third kappa shape index (κ3) is 3.26. The summed E-state index contributed by atoms with van der Waals surface area (Å²) in [6.45, 7) is 0.167. The number of rotatable bonds is 4. The summed E-state index contributed by atoms with van der Waals surface area (Å²) in [7, 11) is 0. The normalized spacial score (nSPS) is 11.8. The second-order valence-electron chi connectivity index (χ2n) is 5.32. The van der Waals surface area contributed by atoms with E-state index >= 15 is 0 Å². The zero-order chi connectivity index (χ0) is 17.1. The van der Waals surface area contributed by atoms with Crippen LogP contribution in [0.4, 0.5) is 0 Å². The topological polar surface area (TPSA) is 54.0 Å². The second kappa shape index (κ2) is 6.57. The Kier molecular flexibility index (Phi) is 3.96. The molecule has 0 atom stereocenters. The lowest BCUT2D eigenvalue weighted by atomic mass is 10.2. The van der Waals surface area contributed by atoms with Crippen LogP contribution in [0.15, 0.2) is 72.8 Å². The molecule has 0 bridgehead atoms. The maximum atomic E-state index is 12.6. The maximum absolute atomic E-state index is 12.6. The molecule has 3 aromatic rings. The van der Waals surface area contributed by atoms with Crippen LogP contribution in [-0.2, 0) is 0 Å². The van der Waals surface area contributed by atoms with E-state index in [1.54, 1.807) is 42.5 Å². The number of benzene rings is 3. The molecule has 4 rings (SSSR count). The van der Waals surface area contributed by atoms with Gasteiger partial charge in [0.1, 0.15) is 22.8 Å². The van der Waals surface area contributed by atoms with E-state index in [2.05, 4.69) is 0 Å². The number of hydrogen-bond acceptors (Lipinski definition) is 5. The average molecular weight is 334 g/mol. The number of carbonyl (C=O) groups is 1. The van der Waals surface area contributed by atoms with Gasteiger partial charge in [-0.05, 0) is 36.4 Å². The molecule has 0 radical (unpaired) electrons. The molecule has 0 aliphatic carbocycles. The third-order valence-corrected chi connectivity index (χ3v) is 3.63. The molecule has 0 amide bonds. The lowest BCUT2D eigenvalue weighted by Gasteiger charge is -2.11. The molecule has 25 heavy (non-hydrogen) atoms. The van der Waals surface area contributed by atoms with Gasteiger partial charge in [-0.25, -0.2) is 4.79 Å². The molecule has 5 heteroatoms. The highest BCUT2D eigenvalue weighted by molar-refractivity contribution is 5.94. The van der Waals surface area contributed by atoms with Crippen LogP contribution in [0.3, 0.4) is 0 Å². The monoisotopic (exact) mass is 334 g/mol. The SMILES string of the molecule is O=C(Oc1ccc2c(c1)OCO2)c1ccccc1Oc1ccccc1. The van der Waals surface area contributed by atoms with Crippen LogP contribution in [-0.4, -0.2) is 12.8 Å². The Morgan fingerprint density at radius 3 is 2.44 bits per heavy atom. The van der Waals surface area contributed by atoms with Crippen molar-refractivity contribution in [3.05, 3.63) is 78.4 Å². The van der Waals surface area contributed by atoms with Crippen LogP contribution in [0.25, 0.3) is 0 Å². The minimum atomic E-state index is -0.509. The Morgan fingerprint density at radius 2 is 1.56 bits per heavy atom. The second-order valence-corrected chi connectivity index (χ2v) is 5.32. The summed E-state index contributed by atoms with van der Waals surface area (Å²) in [5.74, 6) is 2.13. The molecule has 0 saturated heterocycles. The maximum Gasteiger partial charge on any atom is 0.347 e. The van der Waals surface area contributed by atoms with Crippen molar-refractivity contribution >= 4 is 5.97 Å². The summed E-state index contributed by atoms with van der Waals surface area (Å²) in [4.78, 5) is 12.6. The molecule has 0 unspecified atom stereocenters. The molecule has 1 heterocycles. The van der Waals surface area contributed by atoms with Crippen LogP contribution in [0.5, 0.6) is 28.7 Å². The molecule has 0 N–H and O–H groups in total. The summed E-state index contributed by atoms with van der Waals surface area (Å²) in [5, 5.41) is 0. The van der Waals surface area contributed by atoms with Crippen LogP contribution < -0.4 is 18.9 Å². The van der Waals surface area contributed by atoms with Crippen molar-refractivity contribution in [2.45, 2.75) is 0 Å². The Balaban J connectivity index is 1.56. The van der Waals surface area contributed by atoms with Gasteiger partial charge in [-0.3, -0.25) is 0 Å². The minimum absolute atomic E-state index is 0.167. The van der Waals surface area contributed by atoms with Gasteiger partial charge in [-0.2, -0.15) is 0 Å². The van der Waals surface area contributed by atoms with E-state index < -0.39 is 5.97 Å². The van der Waals surface area contributed by atoms with Crippen molar-refractivity contribution in [3.63, 3.8) is 0 Å². The number of para-hydroxylation sites is 2. The van der Waals surface area contributed by atoms with Crippen molar-refractivity contribution in [2.24, 2.45) is 0 Å². The molecule has 3 aromatic carbocycles. The van der Waals surface area contributed by atoms with Crippen molar-refractivity contribution in [1.29, 1.82) is 0 Å². The van der Waals surface area contributed by atoms with Gasteiger partial charge < -0.3 is 18.9 Å². The van der Waals surface area contributed by atoms with Gasteiger partial charge in [0.2, 0.25) is 6.79 Å². The van der Waals surface area contributed by atoms with E-state index in [4.69, 9.17) is 18.9 Å². The van der Waals surface area contributed by atoms with E-state index in [9.17, 15) is 4.79 Å². The highest BCUT2D eigenvalue weighted by Gasteiger charge is 2.18. The van der Waals surface area contributed by atoms with Crippen molar-refractivity contribution in [2.75, 3.05) is 6.79 Å². The zero-order valence-corrected chi connectivity index (χ0v) is 13.2. The fourth-order valence-electron chi connectivity index (χ4n) is 2.44. The Bertz CT molecular complexity index is 905. The van der Waals surface area contributed by atoms with Crippen LogP contribution in [0.1, 0.15) is 10.4 Å². The molecule has 0 fully saturated rings. The number of fused-ring (bicyclic) bond motifs is 1. The summed E-state index contributed by atoms with van der Waals surface area (Å²) < 4.78 is 21.8. The average Bonchev–Trinajstić information content (AvgIpc) is 3.11. The molecular formula is C20H14O5. The van der Waals surface area contributed by atoms with Crippen molar-refractivity contribution in [1.82, 2.24) is 0 Å². The standard InChI is InChI=1S/C20H14O5/c21-20(25-15-10-11-18-19(12-15)23-13-22-18)16-8-4-5-9-17(16)24-14-6-2-1-3-7-14/h1-12H,13H2. The van der Waals surface area contributed by atoms with E-state index in [-0.39, 0.29) is 6.79 Å². The quantitative estimate of drug-likeness (QED) is 0.522. The first-order valence-electron chi connectivity index (χ1n) is 7.73. The zero-order valence-electron chi connectivity index (χ0n) is 13.2. The Labute approximate surface area is 144 Å². The molecule has 124 valence electrons. The van der Waals surface area contributed by atoms with Gasteiger partial charge in [0.05, 0.1) is 0 Å². The van der Waals surface area contributed by atoms with Gasteiger partial charge in [-0.15, -0.1) is 0 Å². The number of hydrogen-bond donors (Lipinski definition) is 0. The molecule has 5 nitrogen and oxygen atoms in total. The van der Waals surface area contributed by atoms with Crippen LogP contribution >= 0.6 is 0 Å². The van der Waals surface area contributed by atoms with Gasteiger partial charge in [0.15, 0.2) is 11.5 Å². The minimum Gasteiger partial charge on any atom is -0.456 e. The number of carbonyl (C=O) groups excluding carboxylic acids is 1. The van der Waals surface area contributed by atoms with Crippen LogP contribution in [0, 0.1) is 0 Å². The van der Waals surface area contributed by atoms with E-state index in [1.165, 1.54) is 0 Å². The summed E-state index contributed by atoms with van der Waals surface area (Å²) in [6.07, 6.45) is 0. The van der Waals surface area contributed by atoms with Crippen molar-refractivity contribution in [3.8, 4) is 28.7 Å². The van der Waals surface area contributed by atoms with Gasteiger partial charge in [-0.1, -0.05) is 30.3 Å². The molecule has 0 spiro atoms. The molecule has 1 aliphatic heterocycles.